The number of nitrogens with zero attached hydrogens (tertiary/aromatic N) is 2. The quantitative estimate of drug-likeness (QED) is 0.868. The van der Waals surface area contributed by atoms with Gasteiger partial charge in [-0.2, -0.15) is 0 Å². The second-order valence-corrected chi connectivity index (χ2v) is 5.95. The lowest BCUT2D eigenvalue weighted by molar-refractivity contribution is 0.1000. The van der Waals surface area contributed by atoms with Gasteiger partial charge in [0.15, 0.2) is 0 Å². The molecule has 1 aromatic rings. The zero-order chi connectivity index (χ0) is 15.4. The third-order valence-electron chi connectivity index (χ3n) is 4.20. The molecule has 1 heterocycles. The standard InChI is InChI=1S/C16H26N4O/c1-3-10-20(13-7-5-12(17)6-8-13)16-14(15(18)21)9-4-11(2)19-16/h4,9,12-13H,3,5-8,10,17H2,1-2H3,(H2,18,21). The van der Waals surface area contributed by atoms with Crippen molar-refractivity contribution >= 4 is 11.7 Å². The van der Waals surface area contributed by atoms with Gasteiger partial charge in [-0.25, -0.2) is 4.98 Å². The minimum absolute atomic E-state index is 0.311. The highest BCUT2D eigenvalue weighted by atomic mass is 16.1. The van der Waals surface area contributed by atoms with E-state index in [1.54, 1.807) is 6.07 Å². The predicted molar refractivity (Wildman–Crippen MR) is 85.4 cm³/mol. The van der Waals surface area contributed by atoms with E-state index in [9.17, 15) is 4.79 Å². The molecular formula is C16H26N4O. The molecule has 0 aliphatic heterocycles. The number of carbonyl (C=O) groups excluding carboxylic acids is 1. The average Bonchev–Trinajstić information content (AvgIpc) is 2.45. The summed E-state index contributed by atoms with van der Waals surface area (Å²) in [4.78, 5) is 18.6. The van der Waals surface area contributed by atoms with Crippen molar-refractivity contribution in [3.63, 3.8) is 0 Å². The van der Waals surface area contributed by atoms with E-state index in [1.807, 2.05) is 13.0 Å². The summed E-state index contributed by atoms with van der Waals surface area (Å²) in [5, 5.41) is 0. The maximum atomic E-state index is 11.7. The summed E-state index contributed by atoms with van der Waals surface area (Å²) in [6, 6.07) is 4.34. The highest BCUT2D eigenvalue weighted by Gasteiger charge is 2.27. The maximum Gasteiger partial charge on any atom is 0.252 e. The fourth-order valence-electron chi connectivity index (χ4n) is 3.07. The van der Waals surface area contributed by atoms with Gasteiger partial charge in [-0.1, -0.05) is 6.92 Å². The van der Waals surface area contributed by atoms with Gasteiger partial charge in [-0.15, -0.1) is 0 Å². The monoisotopic (exact) mass is 290 g/mol. The van der Waals surface area contributed by atoms with Crippen LogP contribution in [0.15, 0.2) is 12.1 Å². The topological polar surface area (TPSA) is 85.2 Å². The largest absolute Gasteiger partial charge is 0.365 e. The van der Waals surface area contributed by atoms with Crippen LogP contribution in [0.1, 0.15) is 55.1 Å². The first-order valence-electron chi connectivity index (χ1n) is 7.82. The molecule has 0 spiro atoms. The average molecular weight is 290 g/mol. The molecule has 5 nitrogen and oxygen atoms in total. The Balaban J connectivity index is 2.33. The number of pyridine rings is 1. The van der Waals surface area contributed by atoms with Crippen molar-refractivity contribution in [1.29, 1.82) is 0 Å². The zero-order valence-corrected chi connectivity index (χ0v) is 13.0. The van der Waals surface area contributed by atoms with Crippen molar-refractivity contribution in [2.75, 3.05) is 11.4 Å². The van der Waals surface area contributed by atoms with Crippen molar-refractivity contribution in [2.45, 2.75) is 58.0 Å². The molecule has 0 aromatic carbocycles. The number of anilines is 1. The van der Waals surface area contributed by atoms with E-state index >= 15 is 0 Å². The van der Waals surface area contributed by atoms with Crippen LogP contribution in [0.2, 0.25) is 0 Å². The van der Waals surface area contributed by atoms with Crippen LogP contribution in [-0.2, 0) is 0 Å². The van der Waals surface area contributed by atoms with Gasteiger partial charge in [-0.05, 0) is 51.2 Å². The lowest BCUT2D eigenvalue weighted by Crippen LogP contribution is -2.42. The summed E-state index contributed by atoms with van der Waals surface area (Å²) in [5.41, 5.74) is 13.0. The van der Waals surface area contributed by atoms with Gasteiger partial charge in [-0.3, -0.25) is 4.79 Å². The Labute approximate surface area is 126 Å². The maximum absolute atomic E-state index is 11.7. The lowest BCUT2D eigenvalue weighted by atomic mass is 9.90. The SMILES string of the molecule is CCCN(c1nc(C)ccc1C(N)=O)C1CCC(N)CC1. The molecule has 21 heavy (non-hydrogen) atoms. The third kappa shape index (κ3) is 3.73. The molecule has 1 aliphatic rings. The Morgan fingerprint density at radius 2 is 2.00 bits per heavy atom. The number of aromatic nitrogens is 1. The third-order valence-corrected chi connectivity index (χ3v) is 4.20. The zero-order valence-electron chi connectivity index (χ0n) is 13.0. The van der Waals surface area contributed by atoms with Crippen molar-refractivity contribution in [2.24, 2.45) is 11.5 Å². The molecular weight excluding hydrogens is 264 g/mol. The van der Waals surface area contributed by atoms with Crippen LogP contribution < -0.4 is 16.4 Å². The molecule has 0 unspecified atom stereocenters. The van der Waals surface area contributed by atoms with Crippen LogP contribution in [0.5, 0.6) is 0 Å². The van der Waals surface area contributed by atoms with Gasteiger partial charge in [0.05, 0.1) is 5.56 Å². The Hall–Kier alpha value is -1.62. The molecule has 2 rings (SSSR count). The Kier molecular flexibility index (Phi) is 5.17. The second-order valence-electron chi connectivity index (χ2n) is 5.95. The Morgan fingerprint density at radius 3 is 2.57 bits per heavy atom. The van der Waals surface area contributed by atoms with E-state index in [4.69, 9.17) is 11.5 Å². The van der Waals surface area contributed by atoms with Gasteiger partial charge in [0, 0.05) is 24.3 Å². The lowest BCUT2D eigenvalue weighted by Gasteiger charge is -2.37. The molecule has 0 saturated heterocycles. The number of primary amides is 1. The van der Waals surface area contributed by atoms with E-state index in [0.717, 1.165) is 50.2 Å². The number of aryl methyl sites for hydroxylation is 1. The highest BCUT2D eigenvalue weighted by molar-refractivity contribution is 5.97. The predicted octanol–water partition coefficient (Wildman–Crippen LogP) is 1.98. The van der Waals surface area contributed by atoms with E-state index in [0.29, 0.717) is 17.6 Å². The first-order valence-corrected chi connectivity index (χ1v) is 7.82. The first kappa shape index (κ1) is 15.8. The number of amides is 1. The number of nitrogens with two attached hydrogens (primary N) is 2. The molecule has 0 atom stereocenters. The van der Waals surface area contributed by atoms with Crippen LogP contribution in [0.4, 0.5) is 5.82 Å². The number of rotatable bonds is 5. The van der Waals surface area contributed by atoms with Gasteiger partial charge in [0.2, 0.25) is 0 Å². The normalized spacial score (nSPS) is 22.0. The fraction of sp³-hybridized carbons (Fsp3) is 0.625. The van der Waals surface area contributed by atoms with Crippen molar-refractivity contribution in [3.8, 4) is 0 Å². The fourth-order valence-corrected chi connectivity index (χ4v) is 3.07. The summed E-state index contributed by atoms with van der Waals surface area (Å²) >= 11 is 0. The van der Waals surface area contributed by atoms with Gasteiger partial charge in [0.1, 0.15) is 5.82 Å². The second kappa shape index (κ2) is 6.89. The van der Waals surface area contributed by atoms with Gasteiger partial charge in [0.25, 0.3) is 5.91 Å². The van der Waals surface area contributed by atoms with Crippen LogP contribution in [0.3, 0.4) is 0 Å². The summed E-state index contributed by atoms with van der Waals surface area (Å²) in [7, 11) is 0. The van der Waals surface area contributed by atoms with Crippen LogP contribution in [0, 0.1) is 6.92 Å². The minimum Gasteiger partial charge on any atom is -0.365 e. The van der Waals surface area contributed by atoms with Crippen LogP contribution in [-0.4, -0.2) is 29.5 Å². The molecule has 0 bridgehead atoms. The van der Waals surface area contributed by atoms with Crippen molar-refractivity contribution in [3.05, 3.63) is 23.4 Å². The number of hydrogen-bond acceptors (Lipinski definition) is 4. The molecule has 1 aromatic heterocycles. The van der Waals surface area contributed by atoms with Crippen LogP contribution in [0.25, 0.3) is 0 Å². The summed E-state index contributed by atoms with van der Waals surface area (Å²) in [6.45, 7) is 4.97. The summed E-state index contributed by atoms with van der Waals surface area (Å²) in [5.74, 6) is 0.330. The summed E-state index contributed by atoms with van der Waals surface area (Å²) in [6.07, 6.45) is 5.17. The van der Waals surface area contributed by atoms with E-state index in [1.165, 1.54) is 0 Å². The Bertz CT molecular complexity index is 495. The van der Waals surface area contributed by atoms with E-state index in [-0.39, 0.29) is 0 Å². The van der Waals surface area contributed by atoms with E-state index in [2.05, 4.69) is 16.8 Å². The molecule has 1 amide bonds. The molecule has 5 heteroatoms. The van der Waals surface area contributed by atoms with Crippen molar-refractivity contribution in [1.82, 2.24) is 4.98 Å². The molecule has 1 fully saturated rings. The van der Waals surface area contributed by atoms with Crippen LogP contribution >= 0.6 is 0 Å². The molecule has 0 radical (unpaired) electrons. The highest BCUT2D eigenvalue weighted by Crippen LogP contribution is 2.28. The Morgan fingerprint density at radius 1 is 1.33 bits per heavy atom. The van der Waals surface area contributed by atoms with Gasteiger partial charge < -0.3 is 16.4 Å². The molecule has 4 N–H and O–H groups in total. The smallest absolute Gasteiger partial charge is 0.252 e. The minimum atomic E-state index is -0.411. The number of carbonyl (C=O) groups is 1. The van der Waals surface area contributed by atoms with Crippen molar-refractivity contribution < 1.29 is 4.79 Å². The van der Waals surface area contributed by atoms with Gasteiger partial charge >= 0.3 is 0 Å². The first-order chi connectivity index (χ1) is 10.0. The van der Waals surface area contributed by atoms with E-state index < -0.39 is 5.91 Å². The molecule has 1 aliphatic carbocycles. The molecule has 116 valence electrons. The number of hydrogen-bond donors (Lipinski definition) is 2. The molecule has 1 saturated carbocycles. The summed E-state index contributed by atoms with van der Waals surface area (Å²) < 4.78 is 0.